The molecule has 0 amide bonds. The number of aromatic amines is 6. The zero-order chi connectivity index (χ0) is 44.9. The van der Waals surface area contributed by atoms with Crippen molar-refractivity contribution in [3.05, 3.63) is 160 Å². The molecule has 14 heteroatoms. The number of para-hydroxylation sites is 1. The molecule has 0 bridgehead atoms. The molecule has 328 valence electrons. The van der Waals surface area contributed by atoms with Crippen molar-refractivity contribution in [2.75, 3.05) is 33.2 Å². The predicted molar refractivity (Wildman–Crippen MR) is 268 cm³/mol. The minimum atomic E-state index is -0.248. The first-order chi connectivity index (χ1) is 32.2. The molecular formula is C52H44Cl2FN11. The molecule has 0 aliphatic carbocycles. The lowest BCUT2D eigenvalue weighted by atomic mass is 10.1. The third-order valence-corrected chi connectivity index (χ3v) is 12.8. The molecule has 66 heavy (non-hydrogen) atoms. The molecule has 0 spiro atoms. The van der Waals surface area contributed by atoms with Gasteiger partial charge < -0.3 is 19.9 Å². The summed E-state index contributed by atoms with van der Waals surface area (Å²) in [4.78, 5) is 15.1. The fraction of sp³-hybridized carbons (Fsp3) is 0.135. The zero-order valence-electron chi connectivity index (χ0n) is 36.1. The van der Waals surface area contributed by atoms with Crippen LogP contribution < -0.4 is 0 Å². The van der Waals surface area contributed by atoms with Gasteiger partial charge in [-0.15, -0.1) is 0 Å². The van der Waals surface area contributed by atoms with Crippen LogP contribution in [0.3, 0.4) is 0 Å². The highest BCUT2D eigenvalue weighted by molar-refractivity contribution is 6.31. The SMILES string of the molecule is CN1CCN(Cc2ccc3[nH]c(-c4n[nH]c5ccccc45)cc3c2)CC1.Cc1ccc2[nH]c(-c3n[nH]c4cc(Cl)ccc34)cc2c1.Fc1ccc2[nH]c(-c3n[nH]c4cc(Cl)ccc34)cc2c1. The van der Waals surface area contributed by atoms with Crippen molar-refractivity contribution in [3.63, 3.8) is 0 Å². The molecule has 7 heterocycles. The maximum atomic E-state index is 13.2. The third kappa shape index (κ3) is 8.31. The summed E-state index contributed by atoms with van der Waals surface area (Å²) in [6.45, 7) is 7.72. The lowest BCUT2D eigenvalue weighted by molar-refractivity contribution is 0.148. The topological polar surface area (TPSA) is 140 Å². The first kappa shape index (κ1) is 41.5. The van der Waals surface area contributed by atoms with Crippen LogP contribution in [0.2, 0.25) is 10.0 Å². The van der Waals surface area contributed by atoms with Crippen molar-refractivity contribution in [3.8, 4) is 34.2 Å². The summed E-state index contributed by atoms with van der Waals surface area (Å²) in [7, 11) is 2.20. The van der Waals surface area contributed by atoms with Gasteiger partial charge in [-0.3, -0.25) is 20.2 Å². The van der Waals surface area contributed by atoms with Crippen LogP contribution in [0.15, 0.2) is 133 Å². The summed E-state index contributed by atoms with van der Waals surface area (Å²) in [6.07, 6.45) is 0. The summed E-state index contributed by atoms with van der Waals surface area (Å²) >= 11 is 12.0. The zero-order valence-corrected chi connectivity index (χ0v) is 37.6. The molecule has 12 aromatic rings. The second kappa shape index (κ2) is 17.3. The van der Waals surface area contributed by atoms with E-state index in [1.807, 2.05) is 48.5 Å². The van der Waals surface area contributed by atoms with Gasteiger partial charge in [0.25, 0.3) is 0 Å². The van der Waals surface area contributed by atoms with E-state index in [0.29, 0.717) is 10.0 Å². The van der Waals surface area contributed by atoms with E-state index in [9.17, 15) is 4.39 Å². The van der Waals surface area contributed by atoms with Gasteiger partial charge in [0.1, 0.15) is 22.9 Å². The number of fused-ring (bicyclic) bond motifs is 6. The van der Waals surface area contributed by atoms with E-state index >= 15 is 0 Å². The number of nitrogens with one attached hydrogen (secondary N) is 6. The van der Waals surface area contributed by atoms with Gasteiger partial charge in [-0.05, 0) is 123 Å². The number of benzene rings is 6. The molecule has 11 nitrogen and oxygen atoms in total. The van der Waals surface area contributed by atoms with E-state index in [-0.39, 0.29) is 5.82 Å². The van der Waals surface area contributed by atoms with Crippen LogP contribution in [-0.4, -0.2) is 88.6 Å². The number of aryl methyl sites for hydroxylation is 1. The van der Waals surface area contributed by atoms with Crippen molar-refractivity contribution in [1.82, 2.24) is 55.3 Å². The Labute approximate surface area is 387 Å². The maximum absolute atomic E-state index is 13.2. The molecule has 0 atom stereocenters. The van der Waals surface area contributed by atoms with Gasteiger partial charge in [-0.2, -0.15) is 15.3 Å². The molecule has 13 rings (SSSR count). The number of hydrogen-bond acceptors (Lipinski definition) is 5. The maximum Gasteiger partial charge on any atom is 0.123 e. The van der Waals surface area contributed by atoms with E-state index in [4.69, 9.17) is 23.2 Å². The van der Waals surface area contributed by atoms with Gasteiger partial charge in [0.15, 0.2) is 0 Å². The van der Waals surface area contributed by atoms with Gasteiger partial charge in [0, 0.05) is 91.6 Å². The minimum absolute atomic E-state index is 0.248. The average Bonchev–Trinajstić information content (AvgIpc) is 4.18. The van der Waals surface area contributed by atoms with Gasteiger partial charge in [-0.25, -0.2) is 4.39 Å². The predicted octanol–water partition coefficient (Wildman–Crippen LogP) is 12.6. The Balaban J connectivity index is 0.000000111. The number of nitrogens with zero attached hydrogens (tertiary/aromatic N) is 5. The quantitative estimate of drug-likeness (QED) is 0.102. The van der Waals surface area contributed by atoms with E-state index < -0.39 is 0 Å². The van der Waals surface area contributed by atoms with Crippen LogP contribution in [0.25, 0.3) is 99.6 Å². The molecule has 1 aliphatic heterocycles. The second-order valence-corrected chi connectivity index (χ2v) is 17.9. The Morgan fingerprint density at radius 2 is 1.00 bits per heavy atom. The summed E-state index contributed by atoms with van der Waals surface area (Å²) < 4.78 is 13.2. The van der Waals surface area contributed by atoms with Gasteiger partial charge in [0.2, 0.25) is 0 Å². The van der Waals surface area contributed by atoms with Crippen molar-refractivity contribution in [1.29, 1.82) is 0 Å². The number of H-pyrrole nitrogens is 6. The summed E-state index contributed by atoms with van der Waals surface area (Å²) in [5.74, 6) is -0.248. The second-order valence-electron chi connectivity index (χ2n) is 17.0. The van der Waals surface area contributed by atoms with E-state index in [1.54, 1.807) is 6.07 Å². The minimum Gasteiger partial charge on any atom is -0.353 e. The Hall–Kier alpha value is -7.22. The smallest absolute Gasteiger partial charge is 0.123 e. The van der Waals surface area contributed by atoms with E-state index in [0.717, 1.165) is 122 Å². The first-order valence-electron chi connectivity index (χ1n) is 21.8. The van der Waals surface area contributed by atoms with E-state index in [2.05, 4.69) is 136 Å². The highest BCUT2D eigenvalue weighted by atomic mass is 35.5. The normalized spacial score (nSPS) is 13.5. The monoisotopic (exact) mass is 911 g/mol. The third-order valence-electron chi connectivity index (χ3n) is 12.3. The summed E-state index contributed by atoms with van der Waals surface area (Å²) in [5.41, 5.74) is 14.3. The highest BCUT2D eigenvalue weighted by Crippen LogP contribution is 2.33. The Kier molecular flexibility index (Phi) is 10.9. The molecular weight excluding hydrogens is 869 g/mol. The molecule has 6 aromatic heterocycles. The fourth-order valence-corrected chi connectivity index (χ4v) is 9.19. The number of rotatable bonds is 5. The first-order valence-corrected chi connectivity index (χ1v) is 22.5. The molecule has 6 aromatic carbocycles. The summed E-state index contributed by atoms with van der Waals surface area (Å²) in [5, 5.41) is 30.2. The Morgan fingerprint density at radius 3 is 1.61 bits per heavy atom. The molecule has 1 saturated heterocycles. The fourth-order valence-electron chi connectivity index (χ4n) is 8.85. The lowest BCUT2D eigenvalue weighted by Gasteiger charge is -2.32. The van der Waals surface area contributed by atoms with Crippen molar-refractivity contribution >= 4 is 88.6 Å². The lowest BCUT2D eigenvalue weighted by Crippen LogP contribution is -2.43. The van der Waals surface area contributed by atoms with Crippen LogP contribution in [0.5, 0.6) is 0 Å². The van der Waals surface area contributed by atoms with Crippen LogP contribution in [0.4, 0.5) is 4.39 Å². The number of aromatic nitrogens is 9. The van der Waals surface area contributed by atoms with Crippen molar-refractivity contribution in [2.24, 2.45) is 0 Å². The van der Waals surface area contributed by atoms with Gasteiger partial charge >= 0.3 is 0 Å². The van der Waals surface area contributed by atoms with Gasteiger partial charge in [-0.1, -0.05) is 59.1 Å². The number of likely N-dealkylation sites (N-methyl/N-ethyl adjacent to an activating group) is 1. The molecule has 0 unspecified atom stereocenters. The van der Waals surface area contributed by atoms with Crippen molar-refractivity contribution in [2.45, 2.75) is 13.5 Å². The van der Waals surface area contributed by atoms with Crippen LogP contribution in [-0.2, 0) is 6.54 Å². The average molecular weight is 913 g/mol. The number of piperazine rings is 1. The molecule has 0 saturated carbocycles. The van der Waals surface area contributed by atoms with Crippen LogP contribution in [0, 0.1) is 12.7 Å². The molecule has 0 radical (unpaired) electrons. The van der Waals surface area contributed by atoms with Gasteiger partial charge in [0.05, 0.1) is 33.6 Å². The largest absolute Gasteiger partial charge is 0.353 e. The Bertz CT molecular complexity index is 3540. The molecule has 6 N–H and O–H groups in total. The van der Waals surface area contributed by atoms with Crippen LogP contribution in [0.1, 0.15) is 11.1 Å². The number of hydrogen-bond donors (Lipinski definition) is 6. The molecule has 1 fully saturated rings. The summed E-state index contributed by atoms with van der Waals surface area (Å²) in [6, 6.07) is 43.6. The van der Waals surface area contributed by atoms with Crippen molar-refractivity contribution < 1.29 is 4.39 Å². The highest BCUT2D eigenvalue weighted by Gasteiger charge is 2.16. The van der Waals surface area contributed by atoms with E-state index in [1.165, 1.54) is 34.0 Å². The molecule has 1 aliphatic rings. The number of halogens is 3. The van der Waals surface area contributed by atoms with Crippen LogP contribution >= 0.6 is 23.2 Å². The standard InChI is InChI=1S/C21H23N5.C16H12ClN3.C15H9ClFN3/c1-25-8-10-26(11-9-25)14-15-6-7-18-16(12-15)13-20(22-18)21-17-4-2-3-5-19(17)23-24-21;1-9-2-5-13-10(6-9)7-15(18-13)16-12-4-3-11(17)8-14(12)19-20-16;16-9-1-3-11-13(7-9)19-20-15(11)14-6-8-5-10(17)2-4-12(8)18-14/h2-7,12-13,22H,8-11,14H2,1H3,(H,23,24);2-8,18H,1H3,(H,19,20);1-7,18H,(H,19,20). The Morgan fingerprint density at radius 1 is 0.500 bits per heavy atom.